The lowest BCUT2D eigenvalue weighted by molar-refractivity contribution is 0.953. The summed E-state index contributed by atoms with van der Waals surface area (Å²) in [6.07, 6.45) is 3.18. The van der Waals surface area contributed by atoms with E-state index in [2.05, 4.69) is 17.1 Å². The van der Waals surface area contributed by atoms with Crippen molar-refractivity contribution in [3.05, 3.63) is 23.4 Å². The van der Waals surface area contributed by atoms with Crippen molar-refractivity contribution in [2.24, 2.45) is 5.10 Å². The van der Waals surface area contributed by atoms with Gasteiger partial charge in [0.05, 0.1) is 6.21 Å². The van der Waals surface area contributed by atoms with Crippen LogP contribution in [0, 0.1) is 0 Å². The summed E-state index contributed by atoms with van der Waals surface area (Å²) in [7, 11) is 0. The van der Waals surface area contributed by atoms with Gasteiger partial charge in [-0.2, -0.15) is 5.10 Å². The lowest BCUT2D eigenvalue weighted by atomic mass is 10.3. The smallest absolute Gasteiger partial charge is 0.157 e. The fraction of sp³-hybridized carbons (Fsp3) is 0. The number of hydrogen-bond donors (Lipinski definition) is 0. The van der Waals surface area contributed by atoms with Gasteiger partial charge in [-0.25, -0.2) is 0 Å². The molecule has 0 aromatic carbocycles. The minimum absolute atomic E-state index is 0.417. The molecule has 3 heteroatoms. The molecule has 0 spiro atoms. The third-order valence-corrected chi connectivity index (χ3v) is 1.09. The van der Waals surface area contributed by atoms with Crippen LogP contribution in [0.5, 0.6) is 0 Å². The molecule has 0 aromatic rings. The van der Waals surface area contributed by atoms with Crippen molar-refractivity contribution in [3.8, 4) is 0 Å². The van der Waals surface area contributed by atoms with Gasteiger partial charge in [0.25, 0.3) is 0 Å². The molecule has 0 unspecified atom stereocenters. The summed E-state index contributed by atoms with van der Waals surface area (Å²) >= 11 is 5.50. The third-order valence-electron chi connectivity index (χ3n) is 0.800. The molecule has 0 aromatic heterocycles. The molecule has 0 saturated carbocycles. The van der Waals surface area contributed by atoms with E-state index in [0.717, 1.165) is 5.57 Å². The highest BCUT2D eigenvalue weighted by Crippen LogP contribution is 2.10. The number of allylic oxidation sites excluding steroid dienone is 2. The first kappa shape index (κ1) is 5.38. The molecule has 0 saturated heterocycles. The molecule has 0 amide bonds. The third kappa shape index (κ3) is 0.746. The zero-order valence-electron chi connectivity index (χ0n) is 4.13. The van der Waals surface area contributed by atoms with E-state index in [4.69, 9.17) is 11.6 Å². The summed E-state index contributed by atoms with van der Waals surface area (Å²) < 4.78 is 0. The Bertz CT molecular complexity index is 169. The average Bonchev–Trinajstić information content (AvgIpc) is 2.14. The predicted octanol–water partition coefficient (Wildman–Crippen LogP) is 1.23. The Morgan fingerprint density at radius 2 is 2.50 bits per heavy atom. The lowest BCUT2D eigenvalue weighted by Crippen LogP contribution is -1.82. The number of nitrogens with zero attached hydrogens (tertiary/aromatic N) is 2. The highest BCUT2D eigenvalue weighted by molar-refractivity contribution is 6.31. The number of rotatable bonds is 1. The van der Waals surface area contributed by atoms with Crippen LogP contribution in [-0.4, -0.2) is 6.21 Å². The quantitative estimate of drug-likeness (QED) is 0.474. The average molecular weight is 128 g/mol. The minimum Gasteiger partial charge on any atom is -0.157 e. The first-order valence-corrected chi connectivity index (χ1v) is 2.48. The molecule has 0 N–H and O–H groups in total. The van der Waals surface area contributed by atoms with Gasteiger partial charge in [-0.05, 0) is 0 Å². The zero-order valence-corrected chi connectivity index (χ0v) is 4.89. The normalized spacial score (nSPS) is 16.6. The Morgan fingerprint density at radius 3 is 2.75 bits per heavy atom. The molecule has 0 bridgehead atoms. The van der Waals surface area contributed by atoms with Crippen LogP contribution >= 0.6 is 11.6 Å². The van der Waals surface area contributed by atoms with Crippen LogP contribution in [0.15, 0.2) is 28.5 Å². The lowest BCUT2D eigenvalue weighted by Gasteiger charge is -1.82. The van der Waals surface area contributed by atoms with Gasteiger partial charge in [-0.1, -0.05) is 24.3 Å². The van der Waals surface area contributed by atoms with Gasteiger partial charge in [0.2, 0.25) is 0 Å². The van der Waals surface area contributed by atoms with Gasteiger partial charge in [0.15, 0.2) is 5.16 Å². The first-order chi connectivity index (χ1) is 3.84. The fourth-order valence-electron chi connectivity index (χ4n) is 0.390. The van der Waals surface area contributed by atoms with E-state index in [1.165, 1.54) is 0 Å². The second kappa shape index (κ2) is 2.01. The summed E-state index contributed by atoms with van der Waals surface area (Å²) in [6.45, 7) is 3.50. The van der Waals surface area contributed by atoms with Crippen LogP contribution in [-0.2, 0) is 0 Å². The molecular weight excluding hydrogens is 124 g/mol. The van der Waals surface area contributed by atoms with Crippen LogP contribution < -0.4 is 5.43 Å². The molecule has 1 heterocycles. The number of halogens is 1. The molecule has 8 heavy (non-hydrogen) atoms. The molecule has 1 aliphatic rings. The minimum atomic E-state index is 0.417. The van der Waals surface area contributed by atoms with E-state index < -0.39 is 0 Å². The molecule has 1 rings (SSSR count). The fourth-order valence-corrected chi connectivity index (χ4v) is 0.559. The summed E-state index contributed by atoms with van der Waals surface area (Å²) in [5, 5.41) is 3.96. The van der Waals surface area contributed by atoms with E-state index in [0.29, 0.717) is 5.16 Å². The van der Waals surface area contributed by atoms with Crippen molar-refractivity contribution in [2.75, 3.05) is 0 Å². The van der Waals surface area contributed by atoms with E-state index >= 15 is 0 Å². The van der Waals surface area contributed by atoms with Crippen molar-refractivity contribution in [1.29, 1.82) is 0 Å². The van der Waals surface area contributed by atoms with Gasteiger partial charge in [0, 0.05) is 5.57 Å². The Morgan fingerprint density at radius 1 is 1.75 bits per heavy atom. The van der Waals surface area contributed by atoms with Gasteiger partial charge in [0.1, 0.15) is 0 Å². The van der Waals surface area contributed by atoms with E-state index in [1.54, 1.807) is 12.3 Å². The van der Waals surface area contributed by atoms with Crippen molar-refractivity contribution in [1.82, 2.24) is 5.43 Å². The van der Waals surface area contributed by atoms with Crippen LogP contribution in [0.25, 0.3) is 0 Å². The summed E-state index contributed by atoms with van der Waals surface area (Å²) in [5.74, 6) is 0. The molecule has 0 atom stereocenters. The van der Waals surface area contributed by atoms with Crippen molar-refractivity contribution in [3.63, 3.8) is 0 Å². The van der Waals surface area contributed by atoms with E-state index in [1.807, 2.05) is 0 Å². The monoisotopic (exact) mass is 127 g/mol. The van der Waals surface area contributed by atoms with Crippen molar-refractivity contribution < 1.29 is 0 Å². The standard InChI is InChI=1S/C5H4ClN2/c1-2-4-3-7-8-5(4)6/h2-3H,1H2. The molecule has 1 aliphatic heterocycles. The zero-order chi connectivity index (χ0) is 5.98. The van der Waals surface area contributed by atoms with E-state index in [-0.39, 0.29) is 0 Å². The highest BCUT2D eigenvalue weighted by Gasteiger charge is 2.03. The van der Waals surface area contributed by atoms with Gasteiger partial charge < -0.3 is 0 Å². The van der Waals surface area contributed by atoms with Gasteiger partial charge >= 0.3 is 0 Å². The topological polar surface area (TPSA) is 26.5 Å². The molecule has 41 valence electrons. The maximum Gasteiger partial charge on any atom is 0.160 e. The second-order valence-corrected chi connectivity index (χ2v) is 1.65. The van der Waals surface area contributed by atoms with Crippen molar-refractivity contribution in [2.45, 2.75) is 0 Å². The van der Waals surface area contributed by atoms with E-state index in [9.17, 15) is 0 Å². The maximum atomic E-state index is 5.50. The Hall–Kier alpha value is -0.760. The molecule has 0 aliphatic carbocycles. The van der Waals surface area contributed by atoms with Crippen molar-refractivity contribution >= 4 is 17.8 Å². The maximum absolute atomic E-state index is 5.50. The Balaban J connectivity index is 2.85. The highest BCUT2D eigenvalue weighted by atomic mass is 35.5. The molecule has 1 radical (unpaired) electrons. The van der Waals surface area contributed by atoms with Gasteiger partial charge in [-0.3, -0.25) is 0 Å². The number of hydrogen-bond acceptors (Lipinski definition) is 1. The summed E-state index contributed by atoms with van der Waals surface area (Å²) in [6, 6.07) is 0. The molecular formula is C5H4ClN2. The van der Waals surface area contributed by atoms with Crippen LogP contribution in [0.3, 0.4) is 0 Å². The molecule has 2 nitrogen and oxygen atoms in total. The van der Waals surface area contributed by atoms with Crippen LogP contribution in [0.1, 0.15) is 0 Å². The Labute approximate surface area is 52.5 Å². The summed E-state index contributed by atoms with van der Waals surface area (Å²) in [4.78, 5) is 0. The molecule has 0 fully saturated rings. The second-order valence-electron chi connectivity index (χ2n) is 1.29. The first-order valence-electron chi connectivity index (χ1n) is 2.11. The Kier molecular flexibility index (Phi) is 1.35. The van der Waals surface area contributed by atoms with Gasteiger partial charge in [-0.15, -0.1) is 5.43 Å². The van der Waals surface area contributed by atoms with Crippen LogP contribution in [0.2, 0.25) is 0 Å². The van der Waals surface area contributed by atoms with Crippen LogP contribution in [0.4, 0.5) is 0 Å². The SMILES string of the molecule is C=CC1=C(Cl)[N]N=C1. The summed E-state index contributed by atoms with van der Waals surface area (Å²) in [5.41, 5.74) is 4.32. The largest absolute Gasteiger partial charge is 0.160 e. The predicted molar refractivity (Wildman–Crippen MR) is 33.7 cm³/mol.